The van der Waals surface area contributed by atoms with E-state index in [0.717, 1.165) is 6.26 Å². The van der Waals surface area contributed by atoms with Crippen LogP contribution in [0.25, 0.3) is 22.3 Å². The standard InChI is InChI=1S/C29H29FN2O7S/c1-17-23-14-24-26(15-25(23)32(40(3,35)36)16-22(37-17)12-13-33)39-28(27(24)29(34)31-2)18-4-8-20(9-5-18)38-21-10-6-19(30)7-11-21/h4-11,14-15,17,22,33H,12-13,16H2,1-3H3,(H,31,34)/t17-,22?/m0/s1. The van der Waals surface area contributed by atoms with Crippen molar-refractivity contribution in [3.8, 4) is 22.8 Å². The summed E-state index contributed by atoms with van der Waals surface area (Å²) in [5.41, 5.74) is 2.21. The molecule has 4 aromatic rings. The zero-order valence-corrected chi connectivity index (χ0v) is 23.0. The molecule has 0 bridgehead atoms. The van der Waals surface area contributed by atoms with Gasteiger partial charge in [0.25, 0.3) is 5.91 Å². The number of ether oxygens (including phenoxy) is 2. The molecule has 0 saturated carbocycles. The summed E-state index contributed by atoms with van der Waals surface area (Å²) >= 11 is 0. The first kappa shape index (κ1) is 27.6. The lowest BCUT2D eigenvalue weighted by molar-refractivity contribution is -0.00546. The number of carbonyl (C=O) groups excluding carboxylic acids is 1. The Morgan fingerprint density at radius 3 is 2.38 bits per heavy atom. The van der Waals surface area contributed by atoms with Crippen molar-refractivity contribution in [2.24, 2.45) is 0 Å². The molecular weight excluding hydrogens is 539 g/mol. The van der Waals surface area contributed by atoms with Gasteiger partial charge in [-0.1, -0.05) is 0 Å². The van der Waals surface area contributed by atoms with Crippen LogP contribution in [0.2, 0.25) is 0 Å². The number of aliphatic hydroxyl groups is 1. The topological polar surface area (TPSA) is 118 Å². The molecule has 2 N–H and O–H groups in total. The first-order valence-corrected chi connectivity index (χ1v) is 14.5. The number of anilines is 1. The summed E-state index contributed by atoms with van der Waals surface area (Å²) in [7, 11) is -2.18. The van der Waals surface area contributed by atoms with Crippen molar-refractivity contribution in [1.29, 1.82) is 0 Å². The molecule has 1 unspecified atom stereocenters. The third-order valence-corrected chi connectivity index (χ3v) is 7.93. The van der Waals surface area contributed by atoms with Crippen LogP contribution in [0.3, 0.4) is 0 Å². The van der Waals surface area contributed by atoms with Crippen molar-refractivity contribution >= 4 is 32.6 Å². The highest BCUT2D eigenvalue weighted by atomic mass is 32.2. The van der Waals surface area contributed by atoms with E-state index in [1.54, 1.807) is 43.3 Å². The van der Waals surface area contributed by atoms with Crippen molar-refractivity contribution in [2.45, 2.75) is 25.6 Å². The molecule has 1 aromatic heterocycles. The van der Waals surface area contributed by atoms with Crippen molar-refractivity contribution in [3.05, 3.63) is 77.6 Å². The maximum Gasteiger partial charge on any atom is 0.255 e. The number of carbonyl (C=O) groups is 1. The SMILES string of the molecule is CNC(=O)c1c(-c2ccc(Oc3ccc(F)cc3)cc2)oc2cc3c(cc12)[C@H](C)OC(CCO)CN3S(C)(=O)=O. The lowest BCUT2D eigenvalue weighted by atomic mass is 10.0. The van der Waals surface area contributed by atoms with E-state index < -0.39 is 22.2 Å². The minimum atomic E-state index is -3.70. The maximum atomic E-state index is 13.2. The number of rotatable bonds is 7. The average Bonchev–Trinajstić information content (AvgIpc) is 3.23. The second-order valence-electron chi connectivity index (χ2n) is 9.58. The highest BCUT2D eigenvalue weighted by molar-refractivity contribution is 7.92. The Balaban J connectivity index is 1.60. The van der Waals surface area contributed by atoms with E-state index in [4.69, 9.17) is 13.9 Å². The average molecular weight is 569 g/mol. The minimum absolute atomic E-state index is 0.0353. The van der Waals surface area contributed by atoms with Gasteiger partial charge in [0.05, 0.1) is 36.3 Å². The van der Waals surface area contributed by atoms with Crippen LogP contribution >= 0.6 is 0 Å². The molecule has 2 heterocycles. The molecule has 11 heteroatoms. The normalized spacial score (nSPS) is 17.4. The van der Waals surface area contributed by atoms with Gasteiger partial charge < -0.3 is 24.3 Å². The minimum Gasteiger partial charge on any atom is -0.457 e. The van der Waals surface area contributed by atoms with Crippen molar-refractivity contribution in [2.75, 3.05) is 30.8 Å². The van der Waals surface area contributed by atoms with Gasteiger partial charge in [-0.05, 0) is 67.9 Å². The number of nitrogens with zero attached hydrogens (tertiary/aromatic N) is 1. The van der Waals surface area contributed by atoms with E-state index in [9.17, 15) is 22.7 Å². The summed E-state index contributed by atoms with van der Waals surface area (Å²) < 4.78 is 58.2. The largest absolute Gasteiger partial charge is 0.457 e. The molecule has 1 aliphatic rings. The third kappa shape index (κ3) is 5.40. The van der Waals surface area contributed by atoms with E-state index in [2.05, 4.69) is 5.32 Å². The Labute approximate surface area is 231 Å². The molecule has 210 valence electrons. The van der Waals surface area contributed by atoms with Gasteiger partial charge in [-0.3, -0.25) is 9.10 Å². The first-order chi connectivity index (χ1) is 19.1. The Hall–Kier alpha value is -3.93. The van der Waals surface area contributed by atoms with Gasteiger partial charge in [0.15, 0.2) is 0 Å². The Morgan fingerprint density at radius 1 is 1.12 bits per heavy atom. The number of halogens is 1. The number of hydrogen-bond acceptors (Lipinski definition) is 7. The Kier molecular flexibility index (Phi) is 7.54. The van der Waals surface area contributed by atoms with E-state index in [-0.39, 0.29) is 31.3 Å². The number of aliphatic hydroxyl groups excluding tert-OH is 1. The fourth-order valence-electron chi connectivity index (χ4n) is 4.86. The number of amides is 1. The summed E-state index contributed by atoms with van der Waals surface area (Å²) in [5, 5.41) is 12.6. The van der Waals surface area contributed by atoms with Gasteiger partial charge in [0, 0.05) is 36.2 Å². The van der Waals surface area contributed by atoms with Crippen LogP contribution in [0.1, 0.15) is 35.4 Å². The van der Waals surface area contributed by atoms with E-state index in [1.165, 1.54) is 35.6 Å². The first-order valence-electron chi connectivity index (χ1n) is 12.7. The predicted molar refractivity (Wildman–Crippen MR) is 149 cm³/mol. The van der Waals surface area contributed by atoms with E-state index in [0.29, 0.717) is 50.6 Å². The highest BCUT2D eigenvalue weighted by Crippen LogP contribution is 2.42. The number of fused-ring (bicyclic) bond motifs is 2. The van der Waals surface area contributed by atoms with Crippen LogP contribution in [0.4, 0.5) is 10.1 Å². The van der Waals surface area contributed by atoms with Gasteiger partial charge in [-0.15, -0.1) is 0 Å². The number of furan rings is 1. The monoisotopic (exact) mass is 568 g/mol. The summed E-state index contributed by atoms with van der Waals surface area (Å²) in [5.74, 6) is 0.545. The molecular formula is C29H29FN2O7S. The van der Waals surface area contributed by atoms with Crippen LogP contribution in [0.15, 0.2) is 65.1 Å². The van der Waals surface area contributed by atoms with Crippen LogP contribution in [-0.4, -0.2) is 52.0 Å². The molecule has 9 nitrogen and oxygen atoms in total. The molecule has 1 amide bonds. The van der Waals surface area contributed by atoms with Crippen LogP contribution in [0.5, 0.6) is 11.5 Å². The summed E-state index contributed by atoms with van der Waals surface area (Å²) in [4.78, 5) is 13.1. The van der Waals surface area contributed by atoms with Gasteiger partial charge in [-0.25, -0.2) is 12.8 Å². The van der Waals surface area contributed by atoms with Gasteiger partial charge in [0.2, 0.25) is 10.0 Å². The smallest absolute Gasteiger partial charge is 0.255 e. The fourth-order valence-corrected chi connectivity index (χ4v) is 5.82. The van der Waals surface area contributed by atoms with Crippen LogP contribution < -0.4 is 14.4 Å². The number of nitrogens with one attached hydrogen (secondary N) is 1. The molecule has 0 saturated heterocycles. The van der Waals surface area contributed by atoms with Gasteiger partial charge in [0.1, 0.15) is 28.7 Å². The highest BCUT2D eigenvalue weighted by Gasteiger charge is 2.33. The van der Waals surface area contributed by atoms with E-state index >= 15 is 0 Å². The summed E-state index contributed by atoms with van der Waals surface area (Å²) in [6.07, 6.45) is 0.362. The lowest BCUT2D eigenvalue weighted by Gasteiger charge is -2.24. The fraction of sp³-hybridized carbons (Fsp3) is 0.276. The maximum absolute atomic E-state index is 13.2. The second-order valence-corrected chi connectivity index (χ2v) is 11.5. The number of benzene rings is 3. The summed E-state index contributed by atoms with van der Waals surface area (Å²) in [6.45, 7) is 1.69. The zero-order valence-electron chi connectivity index (χ0n) is 22.2. The molecule has 5 rings (SSSR count). The van der Waals surface area contributed by atoms with Crippen LogP contribution in [-0.2, 0) is 14.8 Å². The molecule has 0 radical (unpaired) electrons. The van der Waals surface area contributed by atoms with Gasteiger partial charge in [-0.2, -0.15) is 0 Å². The third-order valence-electron chi connectivity index (χ3n) is 6.78. The summed E-state index contributed by atoms with van der Waals surface area (Å²) in [6, 6.07) is 15.9. The second kappa shape index (κ2) is 10.9. The number of hydrogen-bond donors (Lipinski definition) is 2. The quantitative estimate of drug-likeness (QED) is 0.322. The zero-order chi connectivity index (χ0) is 28.6. The van der Waals surface area contributed by atoms with Crippen molar-refractivity contribution in [1.82, 2.24) is 5.32 Å². The lowest BCUT2D eigenvalue weighted by Crippen LogP contribution is -2.37. The molecule has 1 aliphatic heterocycles. The predicted octanol–water partition coefficient (Wildman–Crippen LogP) is 5.00. The van der Waals surface area contributed by atoms with Crippen LogP contribution in [0, 0.1) is 5.82 Å². The van der Waals surface area contributed by atoms with E-state index in [1.807, 2.05) is 0 Å². The molecule has 0 fully saturated rings. The van der Waals surface area contributed by atoms with Crippen molar-refractivity contribution in [3.63, 3.8) is 0 Å². The molecule has 0 aliphatic carbocycles. The Bertz CT molecular complexity index is 1650. The van der Waals surface area contributed by atoms with Crippen molar-refractivity contribution < 1.29 is 36.6 Å². The molecule has 2 atom stereocenters. The van der Waals surface area contributed by atoms with Gasteiger partial charge >= 0.3 is 0 Å². The molecule has 0 spiro atoms. The number of sulfonamides is 1. The molecule has 3 aromatic carbocycles. The Morgan fingerprint density at radius 2 is 1.77 bits per heavy atom. The molecule has 40 heavy (non-hydrogen) atoms.